The fourth-order valence-corrected chi connectivity index (χ4v) is 11.5. The summed E-state index contributed by atoms with van der Waals surface area (Å²) in [6.07, 6.45) is 0. The minimum atomic E-state index is -1.50. The Morgan fingerprint density at radius 2 is 1.35 bits per heavy atom. The summed E-state index contributed by atoms with van der Waals surface area (Å²) >= 11 is 0. The number of hydrogen-bond acceptors (Lipinski definition) is 1. The van der Waals surface area contributed by atoms with Crippen LogP contribution in [0.25, 0.3) is 0 Å². The maximum absolute atomic E-state index is 6.48. The van der Waals surface area contributed by atoms with Gasteiger partial charge in [-0.1, -0.05) is 65.9 Å². The maximum Gasteiger partial charge on any atom is 1.00 e. The van der Waals surface area contributed by atoms with E-state index >= 15 is 0 Å². The van der Waals surface area contributed by atoms with Gasteiger partial charge in [-0.2, -0.15) is 0 Å². The van der Waals surface area contributed by atoms with Crippen LogP contribution in [0.2, 0.25) is 19.6 Å². The van der Waals surface area contributed by atoms with Gasteiger partial charge in [-0.3, -0.25) is 0 Å². The topological polar surface area (TPSA) is 9.23 Å². The first-order valence-corrected chi connectivity index (χ1v) is 13.3. The SMILES string of the molecule is C[Si](C)(C)O[Si]([Si-]c1ccccc1)c1ccccc1.[Li+]. The van der Waals surface area contributed by atoms with Gasteiger partial charge in [-0.15, -0.1) is 0 Å². The second kappa shape index (κ2) is 8.18. The van der Waals surface area contributed by atoms with Gasteiger partial charge in [0, 0.05) is 8.56 Å². The van der Waals surface area contributed by atoms with Gasteiger partial charge in [0.05, 0.1) is 0 Å². The van der Waals surface area contributed by atoms with Crippen molar-refractivity contribution >= 4 is 36.3 Å². The van der Waals surface area contributed by atoms with Gasteiger partial charge in [-0.25, -0.2) is 5.19 Å². The van der Waals surface area contributed by atoms with Crippen LogP contribution in [0.5, 0.6) is 0 Å². The van der Waals surface area contributed by atoms with Gasteiger partial charge in [0.25, 0.3) is 0 Å². The molecule has 0 spiro atoms. The summed E-state index contributed by atoms with van der Waals surface area (Å²) in [5, 5.41) is 2.79. The minimum absolute atomic E-state index is 0. The van der Waals surface area contributed by atoms with Gasteiger partial charge < -0.3 is 13.2 Å². The number of hydrogen-bond donors (Lipinski definition) is 0. The van der Waals surface area contributed by atoms with Crippen LogP contribution in [0.15, 0.2) is 60.7 Å². The molecule has 0 saturated carbocycles. The second-order valence-electron chi connectivity index (χ2n) is 5.40. The minimum Gasteiger partial charge on any atom is -0.483 e. The fraction of sp³-hybridized carbons (Fsp3) is 0.200. The van der Waals surface area contributed by atoms with E-state index in [4.69, 9.17) is 4.12 Å². The molecular formula is C15H19LiOSi3. The van der Waals surface area contributed by atoms with Gasteiger partial charge in [-0.05, 0) is 19.6 Å². The Morgan fingerprint density at radius 3 is 1.85 bits per heavy atom. The average Bonchev–Trinajstić information content (AvgIpc) is 2.39. The van der Waals surface area contributed by atoms with E-state index in [9.17, 15) is 0 Å². The molecule has 0 saturated heterocycles. The van der Waals surface area contributed by atoms with Crippen LogP contribution in [-0.2, 0) is 4.12 Å². The van der Waals surface area contributed by atoms with Crippen molar-refractivity contribution in [3.05, 3.63) is 60.7 Å². The van der Waals surface area contributed by atoms with Crippen LogP contribution < -0.4 is 29.2 Å². The summed E-state index contributed by atoms with van der Waals surface area (Å²) in [6, 6.07) is 21.4. The van der Waals surface area contributed by atoms with Crippen molar-refractivity contribution in [3.63, 3.8) is 0 Å². The molecule has 0 amide bonds. The Kier molecular flexibility index (Phi) is 7.24. The average molecular weight is 307 g/mol. The zero-order valence-electron chi connectivity index (χ0n) is 12.7. The monoisotopic (exact) mass is 306 g/mol. The zero-order valence-corrected chi connectivity index (χ0v) is 15.7. The Balaban J connectivity index is 0.00000200. The molecule has 0 aliphatic carbocycles. The molecule has 5 heteroatoms. The van der Waals surface area contributed by atoms with E-state index in [0.717, 1.165) is 9.04 Å². The molecule has 0 bridgehead atoms. The molecule has 0 aliphatic rings. The largest absolute Gasteiger partial charge is 1.00 e. The fourth-order valence-electron chi connectivity index (χ4n) is 1.70. The summed E-state index contributed by atoms with van der Waals surface area (Å²) < 4.78 is 6.48. The van der Waals surface area contributed by atoms with Crippen molar-refractivity contribution in [3.8, 4) is 0 Å². The van der Waals surface area contributed by atoms with Crippen LogP contribution in [0, 0.1) is 0 Å². The first-order valence-electron chi connectivity index (χ1n) is 6.48. The Labute approximate surface area is 139 Å². The third-order valence-corrected chi connectivity index (χ3v) is 10.8. The summed E-state index contributed by atoms with van der Waals surface area (Å²) in [5.74, 6) is 0. The van der Waals surface area contributed by atoms with Gasteiger partial charge in [0.2, 0.25) is 0 Å². The van der Waals surface area contributed by atoms with Crippen LogP contribution in [0.3, 0.4) is 0 Å². The molecule has 2 radical (unpaired) electrons. The second-order valence-corrected chi connectivity index (χ2v) is 14.6. The van der Waals surface area contributed by atoms with Crippen molar-refractivity contribution in [1.29, 1.82) is 0 Å². The van der Waals surface area contributed by atoms with Gasteiger partial charge >= 0.3 is 18.9 Å². The van der Waals surface area contributed by atoms with Crippen LogP contribution in [0.1, 0.15) is 0 Å². The first kappa shape index (κ1) is 17.7. The molecule has 0 aliphatic heterocycles. The molecule has 1 nitrogen and oxygen atoms in total. The zero-order chi connectivity index (χ0) is 13.7. The molecule has 0 aromatic heterocycles. The molecule has 20 heavy (non-hydrogen) atoms. The molecule has 2 aromatic carbocycles. The number of rotatable bonds is 5. The Bertz CT molecular complexity index is 500. The van der Waals surface area contributed by atoms with Crippen molar-refractivity contribution in [2.24, 2.45) is 0 Å². The Morgan fingerprint density at radius 1 is 0.850 bits per heavy atom. The van der Waals surface area contributed by atoms with E-state index in [0.29, 0.717) is 0 Å². The summed E-state index contributed by atoms with van der Waals surface area (Å²) in [6.45, 7) is 6.82. The predicted molar refractivity (Wildman–Crippen MR) is 88.1 cm³/mol. The van der Waals surface area contributed by atoms with E-state index in [-0.39, 0.29) is 18.9 Å². The van der Waals surface area contributed by atoms with Gasteiger partial charge in [0.1, 0.15) is 0 Å². The van der Waals surface area contributed by atoms with E-state index in [2.05, 4.69) is 80.3 Å². The van der Waals surface area contributed by atoms with E-state index in [1.165, 1.54) is 10.4 Å². The third kappa shape index (κ3) is 5.96. The van der Waals surface area contributed by atoms with Crippen molar-refractivity contribution in [1.82, 2.24) is 0 Å². The first-order chi connectivity index (χ1) is 9.04. The molecule has 0 N–H and O–H groups in total. The molecule has 0 atom stereocenters. The van der Waals surface area contributed by atoms with E-state index < -0.39 is 16.9 Å². The molecular weight excluding hydrogens is 287 g/mol. The van der Waals surface area contributed by atoms with Crippen LogP contribution in [-0.4, -0.2) is 25.9 Å². The maximum atomic E-state index is 6.48. The number of benzene rings is 2. The summed E-state index contributed by atoms with van der Waals surface area (Å²) in [7, 11) is -1.69. The Hall–Kier alpha value is -0.352. The third-order valence-electron chi connectivity index (χ3n) is 2.48. The van der Waals surface area contributed by atoms with Crippen molar-refractivity contribution < 1.29 is 23.0 Å². The van der Waals surface area contributed by atoms with Gasteiger partial charge in [0.15, 0.2) is 8.32 Å². The van der Waals surface area contributed by atoms with Crippen LogP contribution >= 0.6 is 0 Å². The van der Waals surface area contributed by atoms with Crippen LogP contribution in [0.4, 0.5) is 0 Å². The smallest absolute Gasteiger partial charge is 0.483 e. The summed E-state index contributed by atoms with van der Waals surface area (Å²) in [5.41, 5.74) is 0. The molecule has 2 rings (SSSR count). The van der Waals surface area contributed by atoms with Crippen molar-refractivity contribution in [2.75, 3.05) is 0 Å². The molecule has 2 aromatic rings. The van der Waals surface area contributed by atoms with E-state index in [1.807, 2.05) is 0 Å². The molecule has 0 fully saturated rings. The normalized spacial score (nSPS) is 11.0. The standard InChI is InChI=1S/C15H19OSi3.Li/c1-19(2,3)16-18(15-12-8-5-9-13-15)17-14-10-6-4-7-11-14;/h4-13H,1-3H3;/q-1;+1. The summed E-state index contributed by atoms with van der Waals surface area (Å²) in [4.78, 5) is 0. The predicted octanol–water partition coefficient (Wildman–Crippen LogP) is -0.733. The molecule has 0 unspecified atom stereocenters. The molecule has 0 heterocycles. The van der Waals surface area contributed by atoms with E-state index in [1.54, 1.807) is 0 Å². The molecule has 98 valence electrons. The van der Waals surface area contributed by atoms with Crippen molar-refractivity contribution in [2.45, 2.75) is 19.6 Å². The quantitative estimate of drug-likeness (QED) is 0.662.